The quantitative estimate of drug-likeness (QED) is 0.771. The molecule has 0 radical (unpaired) electrons. The third-order valence-electron chi connectivity index (χ3n) is 2.88. The minimum Gasteiger partial charge on any atom is -0.300 e. The standard InChI is InChI=1S/C13H11N3O2S/c14-19(17,18)12-9-16(13-7-3-4-8-15-13)11-6-2-1-5-10(11)12/h1-9H,(H2,14,17,18). The van der Waals surface area contributed by atoms with Crippen molar-refractivity contribution in [2.75, 3.05) is 0 Å². The fraction of sp³-hybridized carbons (Fsp3) is 0. The molecule has 3 aromatic rings. The summed E-state index contributed by atoms with van der Waals surface area (Å²) in [6, 6.07) is 12.6. The average Bonchev–Trinajstić information content (AvgIpc) is 2.79. The number of nitrogens with zero attached hydrogens (tertiary/aromatic N) is 2. The van der Waals surface area contributed by atoms with Crippen LogP contribution < -0.4 is 5.14 Å². The molecular weight excluding hydrogens is 262 g/mol. The Morgan fingerprint density at radius 1 is 1.05 bits per heavy atom. The van der Waals surface area contributed by atoms with Gasteiger partial charge in [0, 0.05) is 17.8 Å². The molecule has 0 aliphatic carbocycles. The molecule has 0 aliphatic rings. The van der Waals surface area contributed by atoms with Gasteiger partial charge in [-0.05, 0) is 18.2 Å². The molecule has 0 aliphatic heterocycles. The molecule has 0 unspecified atom stereocenters. The number of benzene rings is 1. The van der Waals surface area contributed by atoms with Crippen LogP contribution >= 0.6 is 0 Å². The number of hydrogen-bond acceptors (Lipinski definition) is 3. The van der Waals surface area contributed by atoms with Crippen LogP contribution in [-0.2, 0) is 10.0 Å². The van der Waals surface area contributed by atoms with Crippen LogP contribution in [0.5, 0.6) is 0 Å². The van der Waals surface area contributed by atoms with Gasteiger partial charge in [0.25, 0.3) is 0 Å². The zero-order valence-electron chi connectivity index (χ0n) is 9.89. The van der Waals surface area contributed by atoms with Crippen LogP contribution in [-0.4, -0.2) is 18.0 Å². The highest BCUT2D eigenvalue weighted by molar-refractivity contribution is 7.89. The molecule has 0 spiro atoms. The van der Waals surface area contributed by atoms with Gasteiger partial charge >= 0.3 is 0 Å². The Bertz CT molecular complexity index is 839. The number of sulfonamides is 1. The Morgan fingerprint density at radius 2 is 1.79 bits per heavy atom. The van der Waals surface area contributed by atoms with Crippen molar-refractivity contribution in [3.8, 4) is 5.82 Å². The van der Waals surface area contributed by atoms with Gasteiger partial charge in [0.2, 0.25) is 10.0 Å². The van der Waals surface area contributed by atoms with Gasteiger partial charge in [0.15, 0.2) is 0 Å². The summed E-state index contributed by atoms with van der Waals surface area (Å²) in [6.07, 6.45) is 3.16. The highest BCUT2D eigenvalue weighted by atomic mass is 32.2. The smallest absolute Gasteiger partial charge is 0.240 e. The second kappa shape index (κ2) is 4.18. The Balaban J connectivity index is 2.39. The van der Waals surface area contributed by atoms with Gasteiger partial charge in [-0.2, -0.15) is 0 Å². The summed E-state index contributed by atoms with van der Waals surface area (Å²) in [5, 5.41) is 5.85. The molecule has 2 heterocycles. The normalized spacial score (nSPS) is 11.8. The Kier molecular flexibility index (Phi) is 2.62. The largest absolute Gasteiger partial charge is 0.300 e. The van der Waals surface area contributed by atoms with Crippen LogP contribution in [0, 0.1) is 0 Å². The lowest BCUT2D eigenvalue weighted by Crippen LogP contribution is -2.11. The van der Waals surface area contributed by atoms with Crippen LogP contribution in [0.1, 0.15) is 0 Å². The molecule has 0 bridgehead atoms. The van der Waals surface area contributed by atoms with E-state index in [1.54, 1.807) is 35.0 Å². The van der Waals surface area contributed by atoms with E-state index in [9.17, 15) is 8.42 Å². The predicted molar refractivity (Wildman–Crippen MR) is 72.4 cm³/mol. The lowest BCUT2D eigenvalue weighted by Gasteiger charge is -2.02. The van der Waals surface area contributed by atoms with Crippen molar-refractivity contribution in [1.82, 2.24) is 9.55 Å². The number of aromatic nitrogens is 2. The van der Waals surface area contributed by atoms with E-state index in [1.165, 1.54) is 6.20 Å². The molecular formula is C13H11N3O2S. The Morgan fingerprint density at radius 3 is 2.47 bits per heavy atom. The van der Waals surface area contributed by atoms with Gasteiger partial charge in [-0.15, -0.1) is 0 Å². The first-order chi connectivity index (χ1) is 9.07. The lowest BCUT2D eigenvalue weighted by molar-refractivity contribution is 0.598. The van der Waals surface area contributed by atoms with Gasteiger partial charge < -0.3 is 0 Å². The van der Waals surface area contributed by atoms with E-state index in [1.807, 2.05) is 18.2 Å². The van der Waals surface area contributed by atoms with Gasteiger partial charge in [0.1, 0.15) is 10.7 Å². The molecule has 19 heavy (non-hydrogen) atoms. The van der Waals surface area contributed by atoms with Crippen molar-refractivity contribution in [3.05, 3.63) is 54.9 Å². The van der Waals surface area contributed by atoms with Crippen molar-refractivity contribution in [2.45, 2.75) is 4.90 Å². The number of primary sulfonamides is 1. The summed E-state index contributed by atoms with van der Waals surface area (Å²) in [5.74, 6) is 0.647. The second-order valence-corrected chi connectivity index (χ2v) is 5.64. The number of nitrogens with two attached hydrogens (primary N) is 1. The maximum absolute atomic E-state index is 11.6. The molecule has 0 atom stereocenters. The molecule has 0 fully saturated rings. The minimum atomic E-state index is -3.77. The summed E-state index contributed by atoms with van der Waals surface area (Å²) < 4.78 is 25.0. The molecule has 5 nitrogen and oxygen atoms in total. The first-order valence-corrected chi connectivity index (χ1v) is 7.16. The number of para-hydroxylation sites is 1. The summed E-state index contributed by atoms with van der Waals surface area (Å²) in [5.41, 5.74) is 0.755. The SMILES string of the molecule is NS(=O)(=O)c1cn(-c2ccccn2)c2ccccc12. The van der Waals surface area contributed by atoms with Crippen molar-refractivity contribution >= 4 is 20.9 Å². The summed E-state index contributed by atoms with van der Waals surface area (Å²) in [4.78, 5) is 4.33. The fourth-order valence-corrected chi connectivity index (χ4v) is 2.79. The number of pyridine rings is 1. The van der Waals surface area contributed by atoms with E-state index < -0.39 is 10.0 Å². The van der Waals surface area contributed by atoms with Gasteiger partial charge in [-0.1, -0.05) is 24.3 Å². The van der Waals surface area contributed by atoms with Crippen LogP contribution in [0.15, 0.2) is 59.8 Å². The maximum atomic E-state index is 11.6. The molecule has 2 N–H and O–H groups in total. The van der Waals surface area contributed by atoms with Crippen molar-refractivity contribution < 1.29 is 8.42 Å². The van der Waals surface area contributed by atoms with E-state index in [2.05, 4.69) is 4.98 Å². The topological polar surface area (TPSA) is 78.0 Å². The molecule has 0 saturated carbocycles. The second-order valence-electron chi connectivity index (χ2n) is 4.11. The molecule has 0 amide bonds. The molecule has 0 saturated heterocycles. The third-order valence-corrected chi connectivity index (χ3v) is 3.82. The van der Waals surface area contributed by atoms with E-state index >= 15 is 0 Å². The number of fused-ring (bicyclic) bond motifs is 1. The minimum absolute atomic E-state index is 0.105. The highest BCUT2D eigenvalue weighted by Crippen LogP contribution is 2.26. The van der Waals surface area contributed by atoms with Gasteiger partial charge in [-0.3, -0.25) is 4.57 Å². The molecule has 2 aromatic heterocycles. The zero-order chi connectivity index (χ0) is 13.5. The van der Waals surface area contributed by atoms with Crippen LogP contribution in [0.4, 0.5) is 0 Å². The van der Waals surface area contributed by atoms with Crippen molar-refractivity contribution in [1.29, 1.82) is 0 Å². The number of rotatable bonds is 2. The average molecular weight is 273 g/mol. The van der Waals surface area contributed by atoms with E-state index in [-0.39, 0.29) is 4.90 Å². The Hall–Kier alpha value is -2.18. The van der Waals surface area contributed by atoms with E-state index in [0.717, 1.165) is 5.52 Å². The van der Waals surface area contributed by atoms with Gasteiger partial charge in [0.05, 0.1) is 5.52 Å². The third kappa shape index (κ3) is 2.00. The maximum Gasteiger partial charge on any atom is 0.240 e. The molecule has 1 aromatic carbocycles. The summed E-state index contributed by atoms with van der Waals surface area (Å²) in [7, 11) is -3.77. The van der Waals surface area contributed by atoms with E-state index in [0.29, 0.717) is 11.2 Å². The molecule has 96 valence electrons. The van der Waals surface area contributed by atoms with Crippen LogP contribution in [0.25, 0.3) is 16.7 Å². The van der Waals surface area contributed by atoms with Crippen LogP contribution in [0.2, 0.25) is 0 Å². The predicted octanol–water partition coefficient (Wildman–Crippen LogP) is 1.67. The first-order valence-electron chi connectivity index (χ1n) is 5.62. The van der Waals surface area contributed by atoms with Crippen LogP contribution in [0.3, 0.4) is 0 Å². The Labute approximate surface area is 110 Å². The highest BCUT2D eigenvalue weighted by Gasteiger charge is 2.17. The van der Waals surface area contributed by atoms with Crippen molar-refractivity contribution in [2.24, 2.45) is 5.14 Å². The molecule has 3 rings (SSSR count). The fourth-order valence-electron chi connectivity index (χ4n) is 2.06. The summed E-state index contributed by atoms with van der Waals surface area (Å²) >= 11 is 0. The monoisotopic (exact) mass is 273 g/mol. The summed E-state index contributed by atoms with van der Waals surface area (Å²) in [6.45, 7) is 0. The van der Waals surface area contributed by atoms with E-state index in [4.69, 9.17) is 5.14 Å². The zero-order valence-corrected chi connectivity index (χ0v) is 10.7. The van der Waals surface area contributed by atoms with Gasteiger partial charge in [-0.25, -0.2) is 18.5 Å². The number of hydrogen-bond donors (Lipinski definition) is 1. The lowest BCUT2D eigenvalue weighted by atomic mass is 10.2. The van der Waals surface area contributed by atoms with Crippen molar-refractivity contribution in [3.63, 3.8) is 0 Å². The molecule has 6 heteroatoms. The first kappa shape index (κ1) is 11.9.